The number of alkyl halides is 1. The van der Waals surface area contributed by atoms with E-state index in [-0.39, 0.29) is 0 Å². The Morgan fingerprint density at radius 3 is 2.09 bits per heavy atom. The fourth-order valence-electron chi connectivity index (χ4n) is 1.53. The lowest BCUT2D eigenvalue weighted by Crippen LogP contribution is -1.99. The summed E-state index contributed by atoms with van der Waals surface area (Å²) in [6.07, 6.45) is 13.9. The van der Waals surface area contributed by atoms with Gasteiger partial charge in [-0.05, 0) is 25.7 Å². The summed E-state index contributed by atoms with van der Waals surface area (Å²) in [4.78, 5) is 0. The molecule has 2 rings (SSSR count). The van der Waals surface area contributed by atoms with E-state index in [9.17, 15) is 0 Å². The van der Waals surface area contributed by atoms with Crippen molar-refractivity contribution in [3.05, 3.63) is 24.3 Å². The molecule has 0 nitrogen and oxygen atoms in total. The molecule has 2 aliphatic rings. The van der Waals surface area contributed by atoms with Crippen LogP contribution in [0.5, 0.6) is 0 Å². The Hall–Kier alpha value is -0.230. The summed E-state index contributed by atoms with van der Waals surface area (Å²) in [5.41, 5.74) is 0.469. The maximum absolute atomic E-state index is 6.00. The Kier molecular flexibility index (Phi) is 1.80. The molecule has 0 N–H and O–H groups in total. The highest BCUT2D eigenvalue weighted by atomic mass is 35.5. The van der Waals surface area contributed by atoms with E-state index in [1.165, 1.54) is 12.8 Å². The summed E-state index contributed by atoms with van der Waals surface area (Å²) in [6.45, 7) is 0. The van der Waals surface area contributed by atoms with Gasteiger partial charge in [0.25, 0.3) is 0 Å². The number of hydrogen-bond donors (Lipinski definition) is 0. The van der Waals surface area contributed by atoms with Crippen LogP contribution < -0.4 is 0 Å². The van der Waals surface area contributed by atoms with Crippen molar-refractivity contribution < 1.29 is 0 Å². The molecular weight excluding hydrogens is 156 g/mol. The molecule has 60 valence electrons. The third-order valence-corrected chi connectivity index (χ3v) is 2.87. The number of rotatable bonds is 0. The van der Waals surface area contributed by atoms with Gasteiger partial charge >= 0.3 is 0 Å². The van der Waals surface area contributed by atoms with Crippen molar-refractivity contribution in [3.63, 3.8) is 0 Å². The van der Waals surface area contributed by atoms with Crippen molar-refractivity contribution >= 4 is 11.6 Å². The van der Waals surface area contributed by atoms with Gasteiger partial charge in [0.1, 0.15) is 0 Å². The van der Waals surface area contributed by atoms with Gasteiger partial charge in [0.15, 0.2) is 0 Å². The Morgan fingerprint density at radius 2 is 1.64 bits per heavy atom. The van der Waals surface area contributed by atoms with E-state index in [2.05, 4.69) is 24.3 Å². The van der Waals surface area contributed by atoms with E-state index in [1.807, 2.05) is 0 Å². The topological polar surface area (TPSA) is 0 Å². The predicted molar refractivity (Wildman–Crippen MR) is 48.8 cm³/mol. The fourth-order valence-corrected chi connectivity index (χ4v) is 1.74. The van der Waals surface area contributed by atoms with E-state index in [0.29, 0.717) is 10.8 Å². The standard InChI is InChI=1S/C10H13Cl/c11-9-3-1-5-10(7-8-10)6-2-4-9/h1-2,5-6,9H,3-4,7-8H2/b5-1-,6-2-. The molecule has 1 fully saturated rings. The molecule has 2 aliphatic carbocycles. The predicted octanol–water partition coefficient (Wildman–Crippen LogP) is 3.28. The molecule has 0 aromatic carbocycles. The van der Waals surface area contributed by atoms with Gasteiger partial charge in [-0.3, -0.25) is 0 Å². The lowest BCUT2D eigenvalue weighted by atomic mass is 10.0. The van der Waals surface area contributed by atoms with Crippen molar-refractivity contribution in [1.29, 1.82) is 0 Å². The van der Waals surface area contributed by atoms with Crippen molar-refractivity contribution in [2.75, 3.05) is 0 Å². The van der Waals surface area contributed by atoms with Crippen LogP contribution >= 0.6 is 11.6 Å². The molecule has 1 spiro atoms. The first kappa shape index (κ1) is 7.42. The lowest BCUT2D eigenvalue weighted by Gasteiger charge is -2.09. The molecule has 11 heavy (non-hydrogen) atoms. The zero-order valence-electron chi connectivity index (χ0n) is 6.59. The van der Waals surface area contributed by atoms with Gasteiger partial charge in [0, 0.05) is 10.8 Å². The van der Waals surface area contributed by atoms with E-state index in [1.54, 1.807) is 0 Å². The minimum absolute atomic E-state index is 0.318. The summed E-state index contributed by atoms with van der Waals surface area (Å²) in [5, 5.41) is 0.318. The molecule has 0 aromatic heterocycles. The van der Waals surface area contributed by atoms with Crippen LogP contribution in [-0.4, -0.2) is 5.38 Å². The maximum Gasteiger partial charge on any atom is 0.0404 e. The van der Waals surface area contributed by atoms with Crippen LogP contribution in [0.25, 0.3) is 0 Å². The third-order valence-electron chi connectivity index (χ3n) is 2.51. The van der Waals surface area contributed by atoms with Gasteiger partial charge in [-0.1, -0.05) is 24.3 Å². The lowest BCUT2D eigenvalue weighted by molar-refractivity contribution is 0.790. The van der Waals surface area contributed by atoms with Gasteiger partial charge in [-0.15, -0.1) is 11.6 Å². The molecule has 1 saturated carbocycles. The van der Waals surface area contributed by atoms with Crippen LogP contribution in [0.2, 0.25) is 0 Å². The Morgan fingerprint density at radius 1 is 1.09 bits per heavy atom. The monoisotopic (exact) mass is 168 g/mol. The van der Waals surface area contributed by atoms with Crippen LogP contribution in [0.4, 0.5) is 0 Å². The summed E-state index contributed by atoms with van der Waals surface area (Å²) in [5.74, 6) is 0. The summed E-state index contributed by atoms with van der Waals surface area (Å²) < 4.78 is 0. The molecule has 0 heterocycles. The molecule has 0 aromatic rings. The number of allylic oxidation sites excluding steroid dienone is 4. The van der Waals surface area contributed by atoms with Gasteiger partial charge in [0.2, 0.25) is 0 Å². The number of hydrogen-bond acceptors (Lipinski definition) is 0. The molecule has 0 unspecified atom stereocenters. The summed E-state index contributed by atoms with van der Waals surface area (Å²) >= 11 is 6.00. The average molecular weight is 169 g/mol. The normalized spacial score (nSPS) is 34.3. The van der Waals surface area contributed by atoms with Crippen LogP contribution in [0.1, 0.15) is 25.7 Å². The van der Waals surface area contributed by atoms with E-state index < -0.39 is 0 Å². The summed E-state index contributed by atoms with van der Waals surface area (Å²) in [7, 11) is 0. The smallest absolute Gasteiger partial charge is 0.0404 e. The molecule has 1 heteroatoms. The zero-order valence-corrected chi connectivity index (χ0v) is 7.35. The van der Waals surface area contributed by atoms with Crippen molar-refractivity contribution in [1.82, 2.24) is 0 Å². The molecule has 0 bridgehead atoms. The van der Waals surface area contributed by atoms with Crippen molar-refractivity contribution in [2.24, 2.45) is 5.41 Å². The minimum atomic E-state index is 0.318. The largest absolute Gasteiger partial charge is 0.122 e. The molecular formula is C10H13Cl. The summed E-state index contributed by atoms with van der Waals surface area (Å²) in [6, 6.07) is 0. The van der Waals surface area contributed by atoms with Crippen LogP contribution in [-0.2, 0) is 0 Å². The van der Waals surface area contributed by atoms with Gasteiger partial charge in [0.05, 0.1) is 0 Å². The third kappa shape index (κ3) is 1.67. The molecule has 0 aliphatic heterocycles. The molecule has 0 atom stereocenters. The van der Waals surface area contributed by atoms with Crippen LogP contribution in [0.3, 0.4) is 0 Å². The molecule has 0 saturated heterocycles. The highest BCUT2D eigenvalue weighted by Gasteiger charge is 2.37. The van der Waals surface area contributed by atoms with E-state index in [0.717, 1.165) is 12.8 Å². The Balaban J connectivity index is 2.08. The SMILES string of the molecule is ClC1C/C=C\C2(/C=C\C1)CC2. The second-order valence-corrected chi connectivity index (χ2v) is 4.22. The maximum atomic E-state index is 6.00. The number of halogens is 1. The first-order chi connectivity index (χ1) is 5.31. The Labute approximate surface area is 72.9 Å². The van der Waals surface area contributed by atoms with Crippen molar-refractivity contribution in [3.8, 4) is 0 Å². The quantitative estimate of drug-likeness (QED) is 0.385. The Bertz CT molecular complexity index is 181. The highest BCUT2D eigenvalue weighted by molar-refractivity contribution is 6.20. The van der Waals surface area contributed by atoms with Crippen molar-refractivity contribution in [2.45, 2.75) is 31.1 Å². The van der Waals surface area contributed by atoms with Gasteiger partial charge in [-0.25, -0.2) is 0 Å². The minimum Gasteiger partial charge on any atom is -0.122 e. The molecule has 0 radical (unpaired) electrons. The zero-order chi connectivity index (χ0) is 7.73. The van der Waals surface area contributed by atoms with Gasteiger partial charge < -0.3 is 0 Å². The first-order valence-electron chi connectivity index (χ1n) is 4.30. The van der Waals surface area contributed by atoms with Crippen LogP contribution in [0, 0.1) is 5.41 Å². The second-order valence-electron chi connectivity index (χ2n) is 3.61. The van der Waals surface area contributed by atoms with Gasteiger partial charge in [-0.2, -0.15) is 0 Å². The van der Waals surface area contributed by atoms with E-state index >= 15 is 0 Å². The first-order valence-corrected chi connectivity index (χ1v) is 4.74. The fraction of sp³-hybridized carbons (Fsp3) is 0.600. The highest BCUT2D eigenvalue weighted by Crippen LogP contribution is 2.49. The average Bonchev–Trinajstić information content (AvgIpc) is 2.66. The van der Waals surface area contributed by atoms with Crippen LogP contribution in [0.15, 0.2) is 24.3 Å². The second kappa shape index (κ2) is 2.67. The molecule has 0 amide bonds. The van der Waals surface area contributed by atoms with E-state index in [4.69, 9.17) is 11.6 Å².